The predicted octanol–water partition coefficient (Wildman–Crippen LogP) is 3.82. The van der Waals surface area contributed by atoms with Crippen LogP contribution in [0.3, 0.4) is 0 Å². The highest BCUT2D eigenvalue weighted by atomic mass is 19.1. The first-order chi connectivity index (χ1) is 20.4. The minimum absolute atomic E-state index is 0.0357. The Morgan fingerprint density at radius 3 is 2.74 bits per heavy atom. The van der Waals surface area contributed by atoms with E-state index in [9.17, 15) is 9.59 Å². The summed E-state index contributed by atoms with van der Waals surface area (Å²) in [5.74, 6) is -0.404. The molecule has 0 unspecified atom stereocenters. The van der Waals surface area contributed by atoms with Crippen molar-refractivity contribution in [2.45, 2.75) is 32.4 Å². The number of nitrogens with zero attached hydrogens (tertiary/aromatic N) is 6. The number of Topliss-reactive ketones (excluding diaryl/α,β-unsaturated/α-hetero) is 1. The summed E-state index contributed by atoms with van der Waals surface area (Å²) >= 11 is 0. The number of piperidine rings is 1. The number of hydrogen-bond donors (Lipinski definition) is 1. The first-order valence-corrected chi connectivity index (χ1v) is 14.9. The van der Waals surface area contributed by atoms with Gasteiger partial charge < -0.3 is 24.6 Å². The summed E-state index contributed by atoms with van der Waals surface area (Å²) in [6.45, 7) is 5.37. The number of benzene rings is 1. The average Bonchev–Trinajstić information content (AvgIpc) is 3.74. The minimum Gasteiger partial charge on any atom is -0.375 e. The molecule has 4 aliphatic heterocycles. The van der Waals surface area contributed by atoms with Gasteiger partial charge in [-0.3, -0.25) is 9.20 Å². The molecule has 8 rings (SSSR count). The van der Waals surface area contributed by atoms with E-state index in [2.05, 4.69) is 26.8 Å². The summed E-state index contributed by atoms with van der Waals surface area (Å²) in [4.78, 5) is 37.9. The molecule has 42 heavy (non-hydrogen) atoms. The summed E-state index contributed by atoms with van der Waals surface area (Å²) < 4.78 is 19.3. The van der Waals surface area contributed by atoms with Gasteiger partial charge in [-0.1, -0.05) is 6.07 Å². The number of halogens is 1. The third-order valence-electron chi connectivity index (χ3n) is 9.91. The van der Waals surface area contributed by atoms with E-state index in [-0.39, 0.29) is 29.6 Å². The van der Waals surface area contributed by atoms with Crippen LogP contribution in [0.4, 0.5) is 9.18 Å². The van der Waals surface area contributed by atoms with Crippen LogP contribution in [0.1, 0.15) is 36.1 Å². The molecule has 1 N–H and O–H groups in total. The molecule has 2 fully saturated rings. The van der Waals surface area contributed by atoms with Gasteiger partial charge >= 0.3 is 6.03 Å². The average molecular weight is 568 g/mol. The van der Waals surface area contributed by atoms with Crippen molar-refractivity contribution in [1.82, 2.24) is 34.0 Å². The highest BCUT2D eigenvalue weighted by Crippen LogP contribution is 2.41. The van der Waals surface area contributed by atoms with Gasteiger partial charge in [-0.2, -0.15) is 0 Å². The Labute approximate surface area is 243 Å². The van der Waals surface area contributed by atoms with E-state index in [1.54, 1.807) is 12.3 Å². The Morgan fingerprint density at radius 2 is 1.88 bits per heavy atom. The van der Waals surface area contributed by atoms with Crippen molar-refractivity contribution < 1.29 is 14.0 Å². The van der Waals surface area contributed by atoms with E-state index in [1.807, 2.05) is 44.8 Å². The lowest BCUT2D eigenvalue weighted by Gasteiger charge is -2.38. The van der Waals surface area contributed by atoms with E-state index in [4.69, 9.17) is 0 Å². The quantitative estimate of drug-likeness (QED) is 0.399. The van der Waals surface area contributed by atoms with Gasteiger partial charge in [-0.25, -0.2) is 14.2 Å². The summed E-state index contributed by atoms with van der Waals surface area (Å²) in [5, 5.41) is 3.98. The lowest BCUT2D eigenvalue weighted by molar-refractivity contribution is -0.112. The fourth-order valence-electron chi connectivity index (χ4n) is 7.57. The lowest BCUT2D eigenvalue weighted by atomic mass is 9.78. The van der Waals surface area contributed by atoms with Gasteiger partial charge in [-0.15, -0.1) is 0 Å². The largest absolute Gasteiger partial charge is 0.375 e. The molecular formula is C32H34FN7O2. The third-order valence-corrected chi connectivity index (χ3v) is 9.91. The highest BCUT2D eigenvalue weighted by Gasteiger charge is 2.42. The molecule has 7 heterocycles. The summed E-state index contributed by atoms with van der Waals surface area (Å²) in [7, 11) is 2.17. The molecule has 1 spiro atoms. The van der Waals surface area contributed by atoms with Crippen LogP contribution in [0.5, 0.6) is 0 Å². The second-order valence-electron chi connectivity index (χ2n) is 12.5. The maximum Gasteiger partial charge on any atom is 0.320 e. The van der Waals surface area contributed by atoms with Gasteiger partial charge in [0.25, 0.3) is 0 Å². The van der Waals surface area contributed by atoms with Crippen molar-refractivity contribution in [2.75, 3.05) is 46.3 Å². The molecule has 4 aliphatic rings. The molecule has 1 aromatic carbocycles. The first kappa shape index (κ1) is 25.5. The van der Waals surface area contributed by atoms with Crippen LogP contribution >= 0.6 is 0 Å². The standard InChI is InChI=1S/C32H34FN7O2/c1-36-9-5-32(6-10-36)7-11-39(20-32)31(42)38-13-12-37-19-24(23-15-22(33)14-21(18-38)30(23)37)28-26(41)17-35-29(28)25-16-34-27-4-2-3-8-40(25)27/h2-4,8,14-16,19,35H,5-7,9-13,17-18,20H2,1H3. The molecule has 2 saturated heterocycles. The number of ketones is 1. The number of carbonyl (C=O) groups is 2. The van der Waals surface area contributed by atoms with Crippen LogP contribution in [0.2, 0.25) is 0 Å². The maximum absolute atomic E-state index is 15.2. The fraction of sp³-hybridized carbons (Fsp3) is 0.406. The molecule has 2 amide bonds. The van der Waals surface area contributed by atoms with E-state index < -0.39 is 0 Å². The number of urea groups is 1. The van der Waals surface area contributed by atoms with Crippen molar-refractivity contribution in [3.05, 3.63) is 71.6 Å². The van der Waals surface area contributed by atoms with Gasteiger partial charge in [-0.05, 0) is 74.6 Å². The second-order valence-corrected chi connectivity index (χ2v) is 12.5. The summed E-state index contributed by atoms with van der Waals surface area (Å²) in [6.07, 6.45) is 8.97. The number of likely N-dealkylation sites (tertiary alicyclic amines) is 2. The van der Waals surface area contributed by atoms with E-state index in [0.29, 0.717) is 41.9 Å². The molecule has 0 saturated carbocycles. The van der Waals surface area contributed by atoms with Crippen LogP contribution in [0.15, 0.2) is 48.9 Å². The smallest absolute Gasteiger partial charge is 0.320 e. The van der Waals surface area contributed by atoms with E-state index in [0.717, 1.165) is 67.9 Å². The SMILES string of the molecule is CN1CCC2(CC1)CCN(C(=O)N1CCn3cc(C4=C(c5cnc6ccccn56)NCC4=O)c4cc(F)cc(c43)C1)C2. The van der Waals surface area contributed by atoms with Crippen LogP contribution in [0.25, 0.3) is 27.8 Å². The van der Waals surface area contributed by atoms with Crippen LogP contribution in [-0.4, -0.2) is 86.8 Å². The highest BCUT2D eigenvalue weighted by molar-refractivity contribution is 6.33. The molecule has 0 atom stereocenters. The zero-order valence-electron chi connectivity index (χ0n) is 23.8. The number of pyridine rings is 1. The Morgan fingerprint density at radius 1 is 1.05 bits per heavy atom. The van der Waals surface area contributed by atoms with Crippen LogP contribution in [0, 0.1) is 11.2 Å². The number of imidazole rings is 1. The maximum atomic E-state index is 15.2. The lowest BCUT2D eigenvalue weighted by Crippen LogP contribution is -2.45. The Bertz CT molecular complexity index is 1790. The van der Waals surface area contributed by atoms with Crippen molar-refractivity contribution >= 4 is 39.6 Å². The fourth-order valence-corrected chi connectivity index (χ4v) is 7.57. The molecule has 9 nitrogen and oxygen atoms in total. The van der Waals surface area contributed by atoms with Crippen molar-refractivity contribution in [1.29, 1.82) is 0 Å². The van der Waals surface area contributed by atoms with Crippen molar-refractivity contribution in [3.63, 3.8) is 0 Å². The number of fused-ring (bicyclic) bond motifs is 1. The minimum atomic E-state index is -0.368. The Balaban J connectivity index is 1.14. The Hall–Kier alpha value is -4.18. The molecule has 3 aromatic heterocycles. The van der Waals surface area contributed by atoms with Crippen LogP contribution in [-0.2, 0) is 17.9 Å². The number of aromatic nitrogens is 3. The van der Waals surface area contributed by atoms with Crippen molar-refractivity contribution in [2.24, 2.45) is 5.41 Å². The molecule has 216 valence electrons. The summed E-state index contributed by atoms with van der Waals surface area (Å²) in [5.41, 5.74) is 5.43. The first-order valence-electron chi connectivity index (χ1n) is 14.9. The second kappa shape index (κ2) is 9.42. The zero-order chi connectivity index (χ0) is 28.6. The molecule has 0 bridgehead atoms. The van der Waals surface area contributed by atoms with E-state index in [1.165, 1.54) is 6.07 Å². The normalized spacial score (nSPS) is 20.8. The van der Waals surface area contributed by atoms with Crippen molar-refractivity contribution in [3.8, 4) is 0 Å². The predicted molar refractivity (Wildman–Crippen MR) is 158 cm³/mol. The van der Waals surface area contributed by atoms with Gasteiger partial charge in [0.2, 0.25) is 0 Å². The number of carbonyl (C=O) groups excluding carboxylic acids is 2. The molecule has 10 heteroatoms. The number of amides is 2. The molecule has 4 aromatic rings. The summed E-state index contributed by atoms with van der Waals surface area (Å²) in [6, 6.07) is 8.89. The number of rotatable bonds is 2. The third kappa shape index (κ3) is 3.95. The van der Waals surface area contributed by atoms with Gasteiger partial charge in [0.05, 0.1) is 35.2 Å². The topological polar surface area (TPSA) is 78.1 Å². The number of hydrogen-bond acceptors (Lipinski definition) is 5. The van der Waals surface area contributed by atoms with Crippen LogP contribution < -0.4 is 5.32 Å². The number of nitrogens with one attached hydrogen (secondary N) is 1. The molecule has 0 aliphatic carbocycles. The van der Waals surface area contributed by atoms with Gasteiger partial charge in [0, 0.05) is 56.1 Å². The molecular weight excluding hydrogens is 533 g/mol. The van der Waals surface area contributed by atoms with E-state index >= 15 is 4.39 Å². The van der Waals surface area contributed by atoms with Gasteiger partial charge in [0.15, 0.2) is 5.78 Å². The zero-order valence-corrected chi connectivity index (χ0v) is 23.8. The Kier molecular flexibility index (Phi) is 5.72. The monoisotopic (exact) mass is 567 g/mol. The van der Waals surface area contributed by atoms with Gasteiger partial charge in [0.1, 0.15) is 11.5 Å². The molecule has 0 radical (unpaired) electrons.